The van der Waals surface area contributed by atoms with Crippen LogP contribution in [-0.2, 0) is 36.9 Å². The second kappa shape index (κ2) is 12.7. The lowest BCUT2D eigenvalue weighted by Crippen LogP contribution is -2.52. The minimum atomic E-state index is -1.21. The van der Waals surface area contributed by atoms with E-state index in [0.29, 0.717) is 0 Å². The molecule has 9 nitrogen and oxygen atoms in total. The van der Waals surface area contributed by atoms with Gasteiger partial charge in [0.15, 0.2) is 0 Å². The van der Waals surface area contributed by atoms with Gasteiger partial charge >= 0.3 is 18.0 Å². The minimum Gasteiger partial charge on any atom is -0.481 e. The Morgan fingerprint density at radius 2 is 1.47 bits per heavy atom. The van der Waals surface area contributed by atoms with Crippen LogP contribution in [0.5, 0.6) is 0 Å². The number of rotatable bonds is 11. The lowest BCUT2D eigenvalue weighted by molar-refractivity contribution is -0.145. The second-order valence-electron chi connectivity index (χ2n) is 6.97. The van der Waals surface area contributed by atoms with Crippen molar-refractivity contribution < 1.29 is 33.8 Å². The van der Waals surface area contributed by atoms with E-state index in [-0.39, 0.29) is 25.9 Å². The predicted octanol–water partition coefficient (Wildman–Crippen LogP) is 2.05. The maximum Gasteiger partial charge on any atom is 0.408 e. The first-order valence-electron chi connectivity index (χ1n) is 10.00. The Labute approximate surface area is 185 Å². The van der Waals surface area contributed by atoms with Crippen LogP contribution in [0.1, 0.15) is 24.0 Å². The number of alkyl carbamates (subject to hydrolysis) is 1. The van der Waals surface area contributed by atoms with Crippen LogP contribution in [0.4, 0.5) is 4.79 Å². The van der Waals surface area contributed by atoms with E-state index < -0.39 is 36.0 Å². The molecule has 0 heterocycles. The number of aliphatic carboxylic acids is 1. The molecule has 0 fully saturated rings. The molecule has 9 heteroatoms. The van der Waals surface area contributed by atoms with Gasteiger partial charge < -0.3 is 25.2 Å². The number of hydrogen-bond donors (Lipinski definition) is 3. The van der Waals surface area contributed by atoms with E-state index >= 15 is 0 Å². The minimum absolute atomic E-state index is 0.0151. The van der Waals surface area contributed by atoms with Crippen molar-refractivity contribution in [3.05, 3.63) is 71.8 Å². The first kappa shape index (κ1) is 24.4. The number of ether oxygens (including phenoxy) is 2. The van der Waals surface area contributed by atoms with Crippen molar-refractivity contribution in [2.24, 2.45) is 0 Å². The van der Waals surface area contributed by atoms with Crippen molar-refractivity contribution in [2.75, 3.05) is 7.11 Å². The van der Waals surface area contributed by atoms with Crippen LogP contribution < -0.4 is 10.6 Å². The Morgan fingerprint density at radius 3 is 2.03 bits per heavy atom. The predicted molar refractivity (Wildman–Crippen MR) is 115 cm³/mol. The summed E-state index contributed by atoms with van der Waals surface area (Å²) in [4.78, 5) is 48.2. The molecule has 0 unspecified atom stereocenters. The maximum atomic E-state index is 12.8. The third kappa shape index (κ3) is 8.47. The molecule has 0 aliphatic heterocycles. The number of methoxy groups -OCH3 is 1. The van der Waals surface area contributed by atoms with Gasteiger partial charge in [-0.15, -0.1) is 0 Å². The Morgan fingerprint density at radius 1 is 0.875 bits per heavy atom. The lowest BCUT2D eigenvalue weighted by atomic mass is 10.0. The molecule has 170 valence electrons. The highest BCUT2D eigenvalue weighted by atomic mass is 16.5. The van der Waals surface area contributed by atoms with Gasteiger partial charge in [-0.2, -0.15) is 0 Å². The largest absolute Gasteiger partial charge is 0.481 e. The number of nitrogens with one attached hydrogen (secondary N) is 2. The third-order valence-corrected chi connectivity index (χ3v) is 4.55. The quantitative estimate of drug-likeness (QED) is 0.454. The number of carbonyl (C=O) groups excluding carboxylic acids is 3. The van der Waals surface area contributed by atoms with Gasteiger partial charge in [0.1, 0.15) is 18.7 Å². The number of hydrogen-bond acceptors (Lipinski definition) is 6. The van der Waals surface area contributed by atoms with E-state index in [1.807, 2.05) is 12.1 Å². The van der Waals surface area contributed by atoms with E-state index in [1.54, 1.807) is 48.5 Å². The maximum absolute atomic E-state index is 12.8. The zero-order valence-corrected chi connectivity index (χ0v) is 17.7. The van der Waals surface area contributed by atoms with Crippen LogP contribution >= 0.6 is 0 Å². The highest BCUT2D eigenvalue weighted by molar-refractivity contribution is 5.90. The van der Waals surface area contributed by atoms with E-state index in [1.165, 1.54) is 7.11 Å². The third-order valence-electron chi connectivity index (χ3n) is 4.55. The summed E-state index contributed by atoms with van der Waals surface area (Å²) in [5, 5.41) is 13.9. The van der Waals surface area contributed by atoms with Gasteiger partial charge in [0.25, 0.3) is 0 Å². The number of esters is 1. The Hall–Kier alpha value is -3.88. The van der Waals surface area contributed by atoms with Crippen LogP contribution in [0.15, 0.2) is 60.7 Å². The first-order valence-corrected chi connectivity index (χ1v) is 10.00. The number of carboxylic acid groups (broad SMARTS) is 1. The van der Waals surface area contributed by atoms with Crippen LogP contribution in [0.25, 0.3) is 0 Å². The zero-order valence-electron chi connectivity index (χ0n) is 17.7. The molecule has 2 rings (SSSR count). The van der Waals surface area contributed by atoms with Crippen LogP contribution in [0.3, 0.4) is 0 Å². The molecule has 32 heavy (non-hydrogen) atoms. The van der Waals surface area contributed by atoms with Gasteiger partial charge in [-0.05, 0) is 17.5 Å². The molecule has 0 radical (unpaired) electrons. The van der Waals surface area contributed by atoms with Gasteiger partial charge in [0.05, 0.1) is 7.11 Å². The van der Waals surface area contributed by atoms with Crippen molar-refractivity contribution in [3.63, 3.8) is 0 Å². The van der Waals surface area contributed by atoms with Crippen molar-refractivity contribution in [2.45, 2.75) is 38.0 Å². The molecule has 0 aliphatic rings. The molecule has 2 aromatic rings. The second-order valence-corrected chi connectivity index (χ2v) is 6.97. The SMILES string of the molecule is COC(=O)[C@H](Cc1ccccc1)NC(=O)[C@H](CCC(=O)O)NC(=O)OCc1ccccc1. The van der Waals surface area contributed by atoms with E-state index in [4.69, 9.17) is 14.6 Å². The molecule has 0 aliphatic carbocycles. The summed E-state index contributed by atoms with van der Waals surface area (Å²) in [6, 6.07) is 15.7. The summed E-state index contributed by atoms with van der Waals surface area (Å²) >= 11 is 0. The number of benzene rings is 2. The molecule has 3 N–H and O–H groups in total. The topological polar surface area (TPSA) is 131 Å². The van der Waals surface area contributed by atoms with Crippen molar-refractivity contribution in [1.82, 2.24) is 10.6 Å². The summed E-state index contributed by atoms with van der Waals surface area (Å²) < 4.78 is 9.89. The smallest absolute Gasteiger partial charge is 0.408 e. The molecule has 0 saturated carbocycles. The van der Waals surface area contributed by atoms with E-state index in [9.17, 15) is 19.2 Å². The zero-order chi connectivity index (χ0) is 23.3. The van der Waals surface area contributed by atoms with Crippen LogP contribution in [0.2, 0.25) is 0 Å². The fraction of sp³-hybridized carbons (Fsp3) is 0.304. The molecule has 0 saturated heterocycles. The highest BCUT2D eigenvalue weighted by Gasteiger charge is 2.28. The van der Waals surface area contributed by atoms with E-state index in [0.717, 1.165) is 11.1 Å². The number of carboxylic acids is 1. The number of carbonyl (C=O) groups is 4. The molecular formula is C23H26N2O7. The highest BCUT2D eigenvalue weighted by Crippen LogP contribution is 2.07. The summed E-state index contributed by atoms with van der Waals surface area (Å²) in [5.41, 5.74) is 1.54. The Bertz CT molecular complexity index is 903. The van der Waals surface area contributed by atoms with Crippen molar-refractivity contribution in [3.8, 4) is 0 Å². The first-order chi connectivity index (χ1) is 15.4. The average molecular weight is 442 g/mol. The van der Waals surface area contributed by atoms with Crippen LogP contribution in [0, 0.1) is 0 Å². The fourth-order valence-electron chi connectivity index (χ4n) is 2.90. The van der Waals surface area contributed by atoms with Gasteiger partial charge in [-0.1, -0.05) is 60.7 Å². The Kier molecular flexibility index (Phi) is 9.70. The summed E-state index contributed by atoms with van der Waals surface area (Å²) in [6.07, 6.45) is -1.25. The standard InChI is InChI=1S/C23H26N2O7/c1-31-22(29)19(14-16-8-4-2-5-9-16)24-21(28)18(12-13-20(26)27)25-23(30)32-15-17-10-6-3-7-11-17/h2-11,18-19H,12-15H2,1H3,(H,24,28)(H,25,30)(H,26,27)/t18-,19-/m0/s1. The fourth-order valence-corrected chi connectivity index (χ4v) is 2.90. The van der Waals surface area contributed by atoms with Crippen LogP contribution in [-0.4, -0.2) is 48.2 Å². The van der Waals surface area contributed by atoms with Gasteiger partial charge in [0, 0.05) is 12.8 Å². The Balaban J connectivity index is 2.03. The van der Waals surface area contributed by atoms with Crippen molar-refractivity contribution in [1.29, 1.82) is 0 Å². The van der Waals surface area contributed by atoms with Crippen molar-refractivity contribution >= 4 is 23.9 Å². The molecule has 2 atom stereocenters. The van der Waals surface area contributed by atoms with E-state index in [2.05, 4.69) is 10.6 Å². The average Bonchev–Trinajstić information content (AvgIpc) is 2.80. The monoisotopic (exact) mass is 442 g/mol. The van der Waals surface area contributed by atoms with Gasteiger partial charge in [0.2, 0.25) is 5.91 Å². The lowest BCUT2D eigenvalue weighted by Gasteiger charge is -2.22. The van der Waals surface area contributed by atoms with Gasteiger partial charge in [-0.25, -0.2) is 9.59 Å². The molecule has 0 bridgehead atoms. The van der Waals surface area contributed by atoms with Gasteiger partial charge in [-0.3, -0.25) is 9.59 Å². The molecule has 2 aromatic carbocycles. The number of amides is 2. The normalized spacial score (nSPS) is 12.2. The summed E-state index contributed by atoms with van der Waals surface area (Å²) in [5.74, 6) is -2.50. The molecule has 0 aromatic heterocycles. The molecule has 2 amide bonds. The molecule has 0 spiro atoms. The summed E-state index contributed by atoms with van der Waals surface area (Å²) in [7, 11) is 1.20. The molecular weight excluding hydrogens is 416 g/mol. The summed E-state index contributed by atoms with van der Waals surface area (Å²) in [6.45, 7) is -0.0151.